The zero-order chi connectivity index (χ0) is 15.2. The molecule has 2 aromatic carbocycles. The van der Waals surface area contributed by atoms with Crippen LogP contribution >= 0.6 is 0 Å². The molecule has 0 radical (unpaired) electrons. The molecule has 2 rings (SSSR count). The van der Waals surface area contributed by atoms with Crippen LogP contribution in [0.2, 0.25) is 0 Å². The van der Waals surface area contributed by atoms with Crippen molar-refractivity contribution in [3.05, 3.63) is 59.2 Å². The summed E-state index contributed by atoms with van der Waals surface area (Å²) in [6.07, 6.45) is 0. The standard InChI is InChI=1S/C17H21NO2S/c1-13-4-7-16(8-5-13)21(19)12-15-10-14(11-18-2)6-9-17(15)20-3/h4-10,18H,11-12H2,1-3H3. The molecule has 0 saturated carbocycles. The lowest BCUT2D eigenvalue weighted by atomic mass is 10.1. The Morgan fingerprint density at radius 1 is 1.14 bits per heavy atom. The Bertz CT molecular complexity index is 623. The van der Waals surface area contributed by atoms with Crippen LogP contribution in [-0.2, 0) is 23.1 Å². The van der Waals surface area contributed by atoms with Gasteiger partial charge in [-0.05, 0) is 43.8 Å². The quantitative estimate of drug-likeness (QED) is 0.891. The Kier molecular flexibility index (Phi) is 5.53. The van der Waals surface area contributed by atoms with Gasteiger partial charge in [-0.15, -0.1) is 0 Å². The van der Waals surface area contributed by atoms with Crippen LogP contribution in [0.1, 0.15) is 16.7 Å². The summed E-state index contributed by atoms with van der Waals surface area (Å²) >= 11 is 0. The van der Waals surface area contributed by atoms with Gasteiger partial charge in [0.05, 0.1) is 23.7 Å². The third kappa shape index (κ3) is 4.16. The molecule has 0 amide bonds. The summed E-state index contributed by atoms with van der Waals surface area (Å²) in [5.41, 5.74) is 3.31. The van der Waals surface area contributed by atoms with Crippen LogP contribution < -0.4 is 10.1 Å². The number of hydrogen-bond acceptors (Lipinski definition) is 3. The number of methoxy groups -OCH3 is 1. The summed E-state index contributed by atoms with van der Waals surface area (Å²) in [5, 5.41) is 3.12. The molecule has 0 saturated heterocycles. The molecule has 0 aliphatic heterocycles. The third-order valence-electron chi connectivity index (χ3n) is 3.30. The topological polar surface area (TPSA) is 38.3 Å². The van der Waals surface area contributed by atoms with Gasteiger partial charge in [-0.1, -0.05) is 23.8 Å². The normalized spacial score (nSPS) is 12.1. The second-order valence-electron chi connectivity index (χ2n) is 4.98. The van der Waals surface area contributed by atoms with Crippen molar-refractivity contribution in [2.75, 3.05) is 14.2 Å². The minimum absolute atomic E-state index is 0.462. The van der Waals surface area contributed by atoms with Crippen molar-refractivity contribution >= 4 is 10.8 Å². The number of rotatable bonds is 6. The predicted molar refractivity (Wildman–Crippen MR) is 87.0 cm³/mol. The first-order valence-electron chi connectivity index (χ1n) is 6.89. The summed E-state index contributed by atoms with van der Waals surface area (Å²) in [6, 6.07) is 13.8. The summed E-state index contributed by atoms with van der Waals surface area (Å²) < 4.78 is 17.9. The highest BCUT2D eigenvalue weighted by molar-refractivity contribution is 7.84. The largest absolute Gasteiger partial charge is 0.496 e. The van der Waals surface area contributed by atoms with Crippen molar-refractivity contribution in [2.45, 2.75) is 24.1 Å². The lowest BCUT2D eigenvalue weighted by molar-refractivity contribution is 0.411. The minimum Gasteiger partial charge on any atom is -0.496 e. The number of ether oxygens (including phenoxy) is 1. The first-order valence-corrected chi connectivity index (χ1v) is 8.21. The van der Waals surface area contributed by atoms with Crippen molar-refractivity contribution < 1.29 is 8.95 Å². The van der Waals surface area contributed by atoms with Gasteiger partial charge < -0.3 is 10.1 Å². The Hall–Kier alpha value is -1.65. The number of aryl methyl sites for hydroxylation is 1. The molecule has 21 heavy (non-hydrogen) atoms. The van der Waals surface area contributed by atoms with Gasteiger partial charge in [-0.25, -0.2) is 0 Å². The van der Waals surface area contributed by atoms with Crippen LogP contribution in [0.4, 0.5) is 0 Å². The fraction of sp³-hybridized carbons (Fsp3) is 0.294. The zero-order valence-corrected chi connectivity index (χ0v) is 13.5. The van der Waals surface area contributed by atoms with Crippen LogP contribution in [0.3, 0.4) is 0 Å². The van der Waals surface area contributed by atoms with Crippen molar-refractivity contribution in [3.8, 4) is 5.75 Å². The fourth-order valence-electron chi connectivity index (χ4n) is 2.17. The molecule has 1 atom stereocenters. The van der Waals surface area contributed by atoms with Crippen LogP contribution in [0.15, 0.2) is 47.4 Å². The van der Waals surface area contributed by atoms with Crippen molar-refractivity contribution in [1.29, 1.82) is 0 Å². The molecule has 0 aliphatic carbocycles. The van der Waals surface area contributed by atoms with E-state index in [1.54, 1.807) is 7.11 Å². The highest BCUT2D eigenvalue weighted by Gasteiger charge is 2.10. The lowest BCUT2D eigenvalue weighted by Crippen LogP contribution is -2.06. The fourth-order valence-corrected chi connectivity index (χ4v) is 3.29. The Balaban J connectivity index is 2.22. The van der Waals surface area contributed by atoms with Crippen LogP contribution in [0.5, 0.6) is 5.75 Å². The zero-order valence-electron chi connectivity index (χ0n) is 12.7. The molecule has 4 heteroatoms. The van der Waals surface area contributed by atoms with Gasteiger partial charge >= 0.3 is 0 Å². The van der Waals surface area contributed by atoms with Gasteiger partial charge in [-0.2, -0.15) is 0 Å². The lowest BCUT2D eigenvalue weighted by Gasteiger charge is -2.11. The number of hydrogen-bond donors (Lipinski definition) is 1. The molecule has 0 spiro atoms. The van der Waals surface area contributed by atoms with Gasteiger partial charge in [0.1, 0.15) is 5.75 Å². The van der Waals surface area contributed by atoms with E-state index >= 15 is 0 Å². The average Bonchev–Trinajstić information content (AvgIpc) is 2.48. The molecule has 112 valence electrons. The number of benzene rings is 2. The smallest absolute Gasteiger partial charge is 0.123 e. The van der Waals surface area contributed by atoms with Gasteiger partial charge in [0.15, 0.2) is 0 Å². The van der Waals surface area contributed by atoms with Crippen LogP contribution in [0, 0.1) is 6.92 Å². The first kappa shape index (κ1) is 15.7. The van der Waals surface area contributed by atoms with E-state index in [-0.39, 0.29) is 0 Å². The van der Waals surface area contributed by atoms with E-state index in [0.29, 0.717) is 5.75 Å². The number of nitrogens with one attached hydrogen (secondary N) is 1. The molecule has 1 N–H and O–H groups in total. The van der Waals surface area contributed by atoms with E-state index in [1.807, 2.05) is 50.4 Å². The monoisotopic (exact) mass is 303 g/mol. The van der Waals surface area contributed by atoms with E-state index in [1.165, 1.54) is 5.56 Å². The van der Waals surface area contributed by atoms with Gasteiger partial charge in [-0.3, -0.25) is 4.21 Å². The van der Waals surface area contributed by atoms with E-state index in [4.69, 9.17) is 4.74 Å². The van der Waals surface area contributed by atoms with Gasteiger partial charge in [0.2, 0.25) is 0 Å². The van der Waals surface area contributed by atoms with E-state index < -0.39 is 10.8 Å². The van der Waals surface area contributed by atoms with Crippen LogP contribution in [-0.4, -0.2) is 18.4 Å². The third-order valence-corrected chi connectivity index (χ3v) is 4.67. The van der Waals surface area contributed by atoms with Crippen LogP contribution in [0.25, 0.3) is 0 Å². The molecule has 1 unspecified atom stereocenters. The van der Waals surface area contributed by atoms with E-state index in [9.17, 15) is 4.21 Å². The molecular weight excluding hydrogens is 282 g/mol. The maximum absolute atomic E-state index is 12.5. The molecular formula is C17H21NO2S. The molecule has 0 fully saturated rings. The van der Waals surface area contributed by atoms with E-state index in [0.717, 1.165) is 28.3 Å². The van der Waals surface area contributed by atoms with Gasteiger partial charge in [0.25, 0.3) is 0 Å². The SMILES string of the molecule is CNCc1ccc(OC)c(CS(=O)c2ccc(C)cc2)c1. The molecule has 2 aromatic rings. The van der Waals surface area contributed by atoms with E-state index in [2.05, 4.69) is 11.4 Å². The molecule has 3 nitrogen and oxygen atoms in total. The van der Waals surface area contributed by atoms with Crippen molar-refractivity contribution in [3.63, 3.8) is 0 Å². The average molecular weight is 303 g/mol. The highest BCUT2D eigenvalue weighted by atomic mass is 32.2. The molecule has 0 heterocycles. The van der Waals surface area contributed by atoms with Crippen molar-refractivity contribution in [1.82, 2.24) is 5.32 Å². The molecule has 0 bridgehead atoms. The predicted octanol–water partition coefficient (Wildman–Crippen LogP) is 3.03. The van der Waals surface area contributed by atoms with Gasteiger partial charge in [0, 0.05) is 17.0 Å². The highest BCUT2D eigenvalue weighted by Crippen LogP contribution is 2.23. The Labute approximate surface area is 128 Å². The first-order chi connectivity index (χ1) is 10.1. The second-order valence-corrected chi connectivity index (χ2v) is 6.43. The second kappa shape index (κ2) is 7.38. The molecule has 0 aliphatic rings. The summed E-state index contributed by atoms with van der Waals surface area (Å²) in [4.78, 5) is 0.849. The minimum atomic E-state index is -1.07. The summed E-state index contributed by atoms with van der Waals surface area (Å²) in [7, 11) is 2.49. The van der Waals surface area contributed by atoms with Crippen molar-refractivity contribution in [2.24, 2.45) is 0 Å². The maximum Gasteiger partial charge on any atom is 0.123 e. The summed E-state index contributed by atoms with van der Waals surface area (Å²) in [6.45, 7) is 2.81. The Morgan fingerprint density at radius 3 is 2.48 bits per heavy atom. The molecule has 0 aromatic heterocycles. The summed E-state index contributed by atoms with van der Waals surface area (Å²) in [5.74, 6) is 1.25. The maximum atomic E-state index is 12.5. The Morgan fingerprint density at radius 2 is 1.86 bits per heavy atom.